The Labute approximate surface area is 121 Å². The van der Waals surface area contributed by atoms with E-state index in [1.54, 1.807) is 0 Å². The van der Waals surface area contributed by atoms with Crippen molar-refractivity contribution < 1.29 is 4.74 Å². The van der Waals surface area contributed by atoms with Gasteiger partial charge in [-0.15, -0.1) is 0 Å². The van der Waals surface area contributed by atoms with Gasteiger partial charge in [-0.25, -0.2) is 4.98 Å². The minimum Gasteiger partial charge on any atom is -0.487 e. The number of nitrogens with one attached hydrogen (secondary N) is 1. The van der Waals surface area contributed by atoms with Crippen molar-refractivity contribution in [1.29, 1.82) is 0 Å². The molecule has 0 radical (unpaired) electrons. The summed E-state index contributed by atoms with van der Waals surface area (Å²) in [7, 11) is 1.86. The van der Waals surface area contributed by atoms with Gasteiger partial charge in [0, 0.05) is 7.05 Å². The Balaban J connectivity index is 2.00. The SMILES string of the molecule is CNc1cccc(COc2ccc(C(C)(C)C)cc2)n1. The minimum absolute atomic E-state index is 0.168. The smallest absolute Gasteiger partial charge is 0.130 e. The highest BCUT2D eigenvalue weighted by atomic mass is 16.5. The predicted octanol–water partition coefficient (Wildman–Crippen LogP) is 4.00. The van der Waals surface area contributed by atoms with Crippen LogP contribution in [0, 0.1) is 0 Å². The van der Waals surface area contributed by atoms with Crippen LogP contribution < -0.4 is 10.1 Å². The highest BCUT2D eigenvalue weighted by molar-refractivity contribution is 5.34. The molecular formula is C17H22N2O. The summed E-state index contributed by atoms with van der Waals surface area (Å²) in [6.45, 7) is 7.09. The van der Waals surface area contributed by atoms with Gasteiger partial charge in [0.1, 0.15) is 18.2 Å². The largest absolute Gasteiger partial charge is 0.487 e. The van der Waals surface area contributed by atoms with Crippen LogP contribution in [0.4, 0.5) is 5.82 Å². The van der Waals surface area contributed by atoms with E-state index in [0.29, 0.717) is 6.61 Å². The average molecular weight is 270 g/mol. The van der Waals surface area contributed by atoms with Crippen molar-refractivity contribution in [2.45, 2.75) is 32.8 Å². The van der Waals surface area contributed by atoms with E-state index in [1.807, 2.05) is 37.4 Å². The molecule has 20 heavy (non-hydrogen) atoms. The first-order valence-electron chi connectivity index (χ1n) is 6.86. The second kappa shape index (κ2) is 5.95. The monoisotopic (exact) mass is 270 g/mol. The second-order valence-electron chi connectivity index (χ2n) is 5.83. The van der Waals surface area contributed by atoms with Crippen LogP contribution in [0.25, 0.3) is 0 Å². The van der Waals surface area contributed by atoms with Crippen molar-refractivity contribution in [3.05, 3.63) is 53.7 Å². The molecule has 0 unspecified atom stereocenters. The van der Waals surface area contributed by atoms with E-state index in [2.05, 4.69) is 43.2 Å². The van der Waals surface area contributed by atoms with Crippen LogP contribution >= 0.6 is 0 Å². The summed E-state index contributed by atoms with van der Waals surface area (Å²) in [6.07, 6.45) is 0. The van der Waals surface area contributed by atoms with Crippen molar-refractivity contribution >= 4 is 5.82 Å². The highest BCUT2D eigenvalue weighted by Gasteiger charge is 2.12. The number of pyridine rings is 1. The fraction of sp³-hybridized carbons (Fsp3) is 0.353. The van der Waals surface area contributed by atoms with E-state index in [4.69, 9.17) is 4.74 Å². The third-order valence-electron chi connectivity index (χ3n) is 3.17. The number of anilines is 1. The molecule has 1 aromatic carbocycles. The van der Waals surface area contributed by atoms with Crippen LogP contribution in [0.2, 0.25) is 0 Å². The minimum atomic E-state index is 0.168. The summed E-state index contributed by atoms with van der Waals surface area (Å²) in [6, 6.07) is 14.1. The zero-order valence-electron chi connectivity index (χ0n) is 12.6. The maximum atomic E-state index is 5.77. The second-order valence-corrected chi connectivity index (χ2v) is 5.83. The third kappa shape index (κ3) is 3.73. The number of hydrogen-bond acceptors (Lipinski definition) is 3. The topological polar surface area (TPSA) is 34.1 Å². The summed E-state index contributed by atoms with van der Waals surface area (Å²) >= 11 is 0. The first kappa shape index (κ1) is 14.4. The normalized spacial score (nSPS) is 11.2. The van der Waals surface area contributed by atoms with E-state index in [1.165, 1.54) is 5.56 Å². The maximum absolute atomic E-state index is 5.77. The molecular weight excluding hydrogens is 248 g/mol. The van der Waals surface area contributed by atoms with Crippen LogP contribution in [-0.2, 0) is 12.0 Å². The molecule has 0 spiro atoms. The molecule has 3 heteroatoms. The number of benzene rings is 1. The van der Waals surface area contributed by atoms with Gasteiger partial charge in [-0.2, -0.15) is 0 Å². The average Bonchev–Trinajstić information content (AvgIpc) is 2.45. The third-order valence-corrected chi connectivity index (χ3v) is 3.17. The summed E-state index contributed by atoms with van der Waals surface area (Å²) in [4.78, 5) is 4.43. The molecule has 0 fully saturated rings. The van der Waals surface area contributed by atoms with E-state index >= 15 is 0 Å². The van der Waals surface area contributed by atoms with Crippen molar-refractivity contribution in [1.82, 2.24) is 4.98 Å². The van der Waals surface area contributed by atoms with Crippen LogP contribution in [0.15, 0.2) is 42.5 Å². The van der Waals surface area contributed by atoms with Gasteiger partial charge in [0.25, 0.3) is 0 Å². The molecule has 0 aliphatic carbocycles. The number of aromatic nitrogens is 1. The van der Waals surface area contributed by atoms with E-state index in [9.17, 15) is 0 Å². The van der Waals surface area contributed by atoms with E-state index in [-0.39, 0.29) is 5.41 Å². The molecule has 2 rings (SSSR count). The lowest BCUT2D eigenvalue weighted by molar-refractivity contribution is 0.301. The first-order valence-corrected chi connectivity index (χ1v) is 6.86. The first-order chi connectivity index (χ1) is 9.49. The van der Waals surface area contributed by atoms with Gasteiger partial charge in [0.15, 0.2) is 0 Å². The standard InChI is InChI=1S/C17H22N2O/c1-17(2,3)13-8-10-15(11-9-13)20-12-14-6-5-7-16(18-4)19-14/h5-11H,12H2,1-4H3,(H,18,19). The lowest BCUT2D eigenvalue weighted by atomic mass is 9.87. The van der Waals surface area contributed by atoms with Crippen molar-refractivity contribution in [2.75, 3.05) is 12.4 Å². The quantitative estimate of drug-likeness (QED) is 0.911. The lowest BCUT2D eigenvalue weighted by Crippen LogP contribution is -2.10. The zero-order chi connectivity index (χ0) is 14.6. The molecule has 0 aliphatic rings. The van der Waals surface area contributed by atoms with Crippen LogP contribution in [0.5, 0.6) is 5.75 Å². The Morgan fingerprint density at radius 2 is 1.75 bits per heavy atom. The van der Waals surface area contributed by atoms with Crippen LogP contribution in [0.1, 0.15) is 32.0 Å². The Morgan fingerprint density at radius 3 is 2.35 bits per heavy atom. The summed E-state index contributed by atoms with van der Waals surface area (Å²) in [5.41, 5.74) is 2.39. The molecule has 1 aromatic heterocycles. The molecule has 3 nitrogen and oxygen atoms in total. The van der Waals surface area contributed by atoms with Gasteiger partial charge in [-0.3, -0.25) is 0 Å². The van der Waals surface area contributed by atoms with Gasteiger partial charge < -0.3 is 10.1 Å². The number of hydrogen-bond donors (Lipinski definition) is 1. The van der Waals surface area contributed by atoms with Gasteiger partial charge in [-0.1, -0.05) is 39.0 Å². The van der Waals surface area contributed by atoms with Crippen molar-refractivity contribution in [3.63, 3.8) is 0 Å². The van der Waals surface area contributed by atoms with E-state index < -0.39 is 0 Å². The molecule has 0 atom stereocenters. The number of nitrogens with zero attached hydrogens (tertiary/aromatic N) is 1. The van der Waals surface area contributed by atoms with Gasteiger partial charge in [0.2, 0.25) is 0 Å². The van der Waals surface area contributed by atoms with Gasteiger partial charge in [-0.05, 0) is 35.2 Å². The Bertz CT molecular complexity index is 556. The fourth-order valence-electron chi connectivity index (χ4n) is 1.91. The van der Waals surface area contributed by atoms with Crippen LogP contribution in [0.3, 0.4) is 0 Å². The number of ether oxygens (including phenoxy) is 1. The fourth-order valence-corrected chi connectivity index (χ4v) is 1.91. The molecule has 0 aliphatic heterocycles. The van der Waals surface area contributed by atoms with Gasteiger partial charge >= 0.3 is 0 Å². The Kier molecular flexibility index (Phi) is 4.28. The Hall–Kier alpha value is -2.03. The molecule has 106 valence electrons. The highest BCUT2D eigenvalue weighted by Crippen LogP contribution is 2.24. The van der Waals surface area contributed by atoms with E-state index in [0.717, 1.165) is 17.3 Å². The molecule has 0 amide bonds. The molecule has 0 saturated carbocycles. The molecule has 1 heterocycles. The molecule has 2 aromatic rings. The number of rotatable bonds is 4. The summed E-state index contributed by atoms with van der Waals surface area (Å²) < 4.78 is 5.77. The predicted molar refractivity (Wildman–Crippen MR) is 83.3 cm³/mol. The molecule has 1 N–H and O–H groups in total. The van der Waals surface area contributed by atoms with Crippen molar-refractivity contribution in [3.8, 4) is 5.75 Å². The van der Waals surface area contributed by atoms with Crippen molar-refractivity contribution in [2.24, 2.45) is 0 Å². The molecule has 0 bridgehead atoms. The Morgan fingerprint density at radius 1 is 1.05 bits per heavy atom. The zero-order valence-corrected chi connectivity index (χ0v) is 12.6. The summed E-state index contributed by atoms with van der Waals surface area (Å²) in [5.74, 6) is 1.73. The molecule has 0 saturated heterocycles. The summed E-state index contributed by atoms with van der Waals surface area (Å²) in [5, 5.41) is 3.02. The van der Waals surface area contributed by atoms with Crippen LogP contribution in [-0.4, -0.2) is 12.0 Å². The lowest BCUT2D eigenvalue weighted by Gasteiger charge is -2.19. The van der Waals surface area contributed by atoms with Gasteiger partial charge in [0.05, 0.1) is 5.69 Å². The maximum Gasteiger partial charge on any atom is 0.130 e.